The van der Waals surface area contributed by atoms with Crippen LogP contribution in [0.4, 0.5) is 0 Å². The summed E-state index contributed by atoms with van der Waals surface area (Å²) in [5.41, 5.74) is 5.85. The second kappa shape index (κ2) is 10.9. The van der Waals surface area contributed by atoms with Gasteiger partial charge in [-0.1, -0.05) is 68.5 Å². The number of nitrogens with zero attached hydrogens (tertiary/aromatic N) is 5. The molecule has 2 aromatic heterocycles. The number of unbranched alkanes of at least 4 members (excludes halogenated alkanes) is 1. The summed E-state index contributed by atoms with van der Waals surface area (Å²) >= 11 is 0. The molecule has 0 radical (unpaired) electrons. The summed E-state index contributed by atoms with van der Waals surface area (Å²) in [5.74, 6) is 1.06. The Labute approximate surface area is 205 Å². The van der Waals surface area contributed by atoms with Gasteiger partial charge in [-0.3, -0.25) is 0 Å². The molecular weight excluding hydrogens is 440 g/mol. The summed E-state index contributed by atoms with van der Waals surface area (Å²) in [7, 11) is 0. The van der Waals surface area contributed by atoms with Crippen LogP contribution in [0.5, 0.6) is 0 Å². The molecule has 0 fully saturated rings. The molecule has 8 nitrogen and oxygen atoms in total. The number of aromatic amines is 1. The Morgan fingerprint density at radius 3 is 2.46 bits per heavy atom. The SMILES string of the molecule is C=C(C)c1nc(CCCC)n(Cc2ccc(-c3ccccc3-c3nn[nH]n3)cc2)c1C(=O)OCC. The topological polar surface area (TPSA) is 98.6 Å². The lowest BCUT2D eigenvalue weighted by Gasteiger charge is -2.13. The van der Waals surface area contributed by atoms with Crippen LogP contribution in [0.3, 0.4) is 0 Å². The highest BCUT2D eigenvalue weighted by molar-refractivity contribution is 5.93. The molecule has 8 heteroatoms. The Morgan fingerprint density at radius 2 is 1.83 bits per heavy atom. The van der Waals surface area contributed by atoms with Gasteiger partial charge in [-0.15, -0.1) is 10.2 Å². The van der Waals surface area contributed by atoms with Crippen molar-refractivity contribution in [1.82, 2.24) is 30.2 Å². The number of aromatic nitrogens is 6. The standard InChI is InChI=1S/C27H30N6O2/c1-5-7-12-23-28-24(18(3)4)25(27(34)35-6-2)33(23)17-19-13-15-20(16-14-19)21-10-8-9-11-22(21)26-29-31-32-30-26/h8-11,13-16H,3,5-7,12,17H2,1-2,4H3,(H,29,30,31,32). The van der Waals surface area contributed by atoms with Gasteiger partial charge in [0.25, 0.3) is 0 Å². The van der Waals surface area contributed by atoms with Gasteiger partial charge in [0, 0.05) is 18.5 Å². The van der Waals surface area contributed by atoms with E-state index in [1.807, 2.05) is 42.7 Å². The fraction of sp³-hybridized carbons (Fsp3) is 0.296. The van der Waals surface area contributed by atoms with Gasteiger partial charge >= 0.3 is 5.97 Å². The summed E-state index contributed by atoms with van der Waals surface area (Å²) in [6, 6.07) is 16.2. The number of allylic oxidation sites excluding steroid dienone is 1. The first kappa shape index (κ1) is 24.1. The molecule has 0 aliphatic rings. The third-order valence-electron chi connectivity index (χ3n) is 5.79. The van der Waals surface area contributed by atoms with Crippen LogP contribution in [0.1, 0.15) is 61.2 Å². The molecule has 35 heavy (non-hydrogen) atoms. The van der Waals surface area contributed by atoms with Crippen molar-refractivity contribution in [2.45, 2.75) is 46.6 Å². The van der Waals surface area contributed by atoms with E-state index in [0.29, 0.717) is 30.4 Å². The van der Waals surface area contributed by atoms with E-state index in [-0.39, 0.29) is 5.97 Å². The first-order valence-corrected chi connectivity index (χ1v) is 11.9. The minimum Gasteiger partial charge on any atom is -0.461 e. The average molecular weight is 471 g/mol. The van der Waals surface area contributed by atoms with Gasteiger partial charge in [-0.2, -0.15) is 5.21 Å². The molecule has 2 heterocycles. The lowest BCUT2D eigenvalue weighted by atomic mass is 9.98. The van der Waals surface area contributed by atoms with E-state index >= 15 is 0 Å². The molecule has 0 amide bonds. The van der Waals surface area contributed by atoms with Gasteiger partial charge in [0.05, 0.1) is 12.3 Å². The molecule has 0 atom stereocenters. The lowest BCUT2D eigenvalue weighted by molar-refractivity contribution is 0.0513. The quantitative estimate of drug-likeness (QED) is 0.315. The van der Waals surface area contributed by atoms with E-state index in [0.717, 1.165) is 52.9 Å². The van der Waals surface area contributed by atoms with E-state index in [1.165, 1.54) is 0 Å². The number of tetrazole rings is 1. The summed E-state index contributed by atoms with van der Waals surface area (Å²) in [6.07, 6.45) is 2.81. The number of H-pyrrole nitrogens is 1. The largest absolute Gasteiger partial charge is 0.461 e. The normalized spacial score (nSPS) is 10.9. The second-order valence-corrected chi connectivity index (χ2v) is 8.39. The number of imidazole rings is 1. The number of carbonyl (C=O) groups excluding carboxylic acids is 1. The van der Waals surface area contributed by atoms with Crippen molar-refractivity contribution >= 4 is 11.5 Å². The molecule has 0 saturated heterocycles. The van der Waals surface area contributed by atoms with Crippen LogP contribution in [-0.4, -0.2) is 42.8 Å². The summed E-state index contributed by atoms with van der Waals surface area (Å²) < 4.78 is 7.37. The maximum atomic E-state index is 12.9. The Morgan fingerprint density at radius 1 is 1.09 bits per heavy atom. The van der Waals surface area contributed by atoms with Gasteiger partial charge in [-0.25, -0.2) is 9.78 Å². The molecular formula is C27H30N6O2. The van der Waals surface area contributed by atoms with E-state index in [9.17, 15) is 4.79 Å². The highest BCUT2D eigenvalue weighted by atomic mass is 16.5. The molecule has 2 aromatic carbocycles. The summed E-state index contributed by atoms with van der Waals surface area (Å²) in [5, 5.41) is 14.5. The summed E-state index contributed by atoms with van der Waals surface area (Å²) in [4.78, 5) is 17.7. The fourth-order valence-corrected chi connectivity index (χ4v) is 4.08. The molecule has 0 bridgehead atoms. The lowest BCUT2D eigenvalue weighted by Crippen LogP contribution is -2.16. The molecule has 0 unspecified atom stereocenters. The maximum Gasteiger partial charge on any atom is 0.357 e. The van der Waals surface area contributed by atoms with Crippen LogP contribution in [0, 0.1) is 0 Å². The molecule has 4 aromatic rings. The van der Waals surface area contributed by atoms with Crippen molar-refractivity contribution < 1.29 is 9.53 Å². The highest BCUT2D eigenvalue weighted by Gasteiger charge is 2.24. The van der Waals surface area contributed by atoms with Gasteiger partial charge in [0.1, 0.15) is 5.82 Å². The van der Waals surface area contributed by atoms with Crippen molar-refractivity contribution in [3.05, 3.63) is 77.9 Å². The molecule has 1 N–H and O–H groups in total. The average Bonchev–Trinajstić information content (AvgIpc) is 3.52. The second-order valence-electron chi connectivity index (χ2n) is 8.39. The fourth-order valence-electron chi connectivity index (χ4n) is 4.08. The van der Waals surface area contributed by atoms with Crippen LogP contribution >= 0.6 is 0 Å². The van der Waals surface area contributed by atoms with Crippen LogP contribution < -0.4 is 0 Å². The third kappa shape index (κ3) is 5.21. The van der Waals surface area contributed by atoms with Crippen molar-refractivity contribution in [1.29, 1.82) is 0 Å². The molecule has 0 saturated carbocycles. The predicted molar refractivity (Wildman–Crippen MR) is 136 cm³/mol. The van der Waals surface area contributed by atoms with Crippen LogP contribution in [0.2, 0.25) is 0 Å². The van der Waals surface area contributed by atoms with E-state index < -0.39 is 0 Å². The molecule has 4 rings (SSSR count). The number of hydrogen-bond donors (Lipinski definition) is 1. The smallest absolute Gasteiger partial charge is 0.357 e. The zero-order valence-corrected chi connectivity index (χ0v) is 20.4. The Bertz CT molecular complexity index is 1310. The molecule has 0 aliphatic carbocycles. The van der Waals surface area contributed by atoms with Gasteiger partial charge in [0.15, 0.2) is 5.69 Å². The zero-order valence-electron chi connectivity index (χ0n) is 20.4. The minimum absolute atomic E-state index is 0.304. The Kier molecular flexibility index (Phi) is 7.50. The minimum atomic E-state index is -0.369. The van der Waals surface area contributed by atoms with Crippen LogP contribution in [-0.2, 0) is 17.7 Å². The molecule has 180 valence electrons. The first-order chi connectivity index (χ1) is 17.0. The predicted octanol–water partition coefficient (Wildman–Crippen LogP) is 5.33. The zero-order chi connectivity index (χ0) is 24.8. The number of benzene rings is 2. The van der Waals surface area contributed by atoms with Crippen molar-refractivity contribution in [2.75, 3.05) is 6.61 Å². The number of hydrogen-bond acceptors (Lipinski definition) is 6. The van der Waals surface area contributed by atoms with Crippen molar-refractivity contribution in [3.8, 4) is 22.5 Å². The monoisotopic (exact) mass is 470 g/mol. The number of rotatable bonds is 10. The summed E-state index contributed by atoms with van der Waals surface area (Å²) in [6.45, 7) is 10.7. The van der Waals surface area contributed by atoms with Crippen molar-refractivity contribution in [2.24, 2.45) is 0 Å². The Hall–Kier alpha value is -4.07. The van der Waals surface area contributed by atoms with Crippen molar-refractivity contribution in [3.63, 3.8) is 0 Å². The first-order valence-electron chi connectivity index (χ1n) is 11.9. The highest BCUT2D eigenvalue weighted by Crippen LogP contribution is 2.30. The van der Waals surface area contributed by atoms with Crippen LogP contribution in [0.25, 0.3) is 28.1 Å². The number of esters is 1. The number of ether oxygens (including phenoxy) is 1. The number of aryl methyl sites for hydroxylation is 1. The van der Waals surface area contributed by atoms with E-state index in [4.69, 9.17) is 9.72 Å². The molecule has 0 spiro atoms. The number of carbonyl (C=O) groups is 1. The van der Waals surface area contributed by atoms with E-state index in [1.54, 1.807) is 0 Å². The van der Waals surface area contributed by atoms with Crippen LogP contribution in [0.15, 0.2) is 55.1 Å². The molecule has 0 aliphatic heterocycles. The van der Waals surface area contributed by atoms with Gasteiger partial charge in [0.2, 0.25) is 5.82 Å². The third-order valence-corrected chi connectivity index (χ3v) is 5.79. The maximum absolute atomic E-state index is 12.9. The van der Waals surface area contributed by atoms with Gasteiger partial charge < -0.3 is 9.30 Å². The Balaban J connectivity index is 1.70. The van der Waals surface area contributed by atoms with Gasteiger partial charge in [-0.05, 0) is 47.7 Å². The number of nitrogens with one attached hydrogen (secondary N) is 1. The van der Waals surface area contributed by atoms with E-state index in [2.05, 4.69) is 58.4 Å².